The fourth-order valence-electron chi connectivity index (χ4n) is 1.45. The van der Waals surface area contributed by atoms with Gasteiger partial charge in [-0.3, -0.25) is 0 Å². The third-order valence-electron chi connectivity index (χ3n) is 2.31. The van der Waals surface area contributed by atoms with Crippen LogP contribution in [0.4, 0.5) is 5.69 Å². The Morgan fingerprint density at radius 3 is 2.83 bits per heavy atom. The minimum Gasteiger partial charge on any atom is -0.485 e. The molecule has 0 amide bonds. The maximum absolute atomic E-state index is 11.1. The van der Waals surface area contributed by atoms with E-state index in [2.05, 4.69) is 15.9 Å². The zero-order valence-corrected chi connectivity index (χ0v) is 11.6. The number of anilines is 1. The van der Waals surface area contributed by atoms with E-state index in [0.29, 0.717) is 5.69 Å². The molecule has 0 saturated carbocycles. The molecule has 94 valence electrons. The van der Waals surface area contributed by atoms with Gasteiger partial charge in [-0.2, -0.15) is 0 Å². The molecule has 0 radical (unpaired) electrons. The smallest absolute Gasteiger partial charge is 0.339 e. The molecule has 6 heteroatoms. The number of aromatic carboxylic acids is 1. The van der Waals surface area contributed by atoms with E-state index < -0.39 is 5.97 Å². The number of carbonyl (C=O) groups is 1. The van der Waals surface area contributed by atoms with Crippen molar-refractivity contribution in [3.63, 3.8) is 0 Å². The van der Waals surface area contributed by atoms with Crippen LogP contribution in [0.3, 0.4) is 0 Å². The van der Waals surface area contributed by atoms with E-state index in [0.717, 1.165) is 9.35 Å². The molecule has 18 heavy (non-hydrogen) atoms. The lowest BCUT2D eigenvalue weighted by Gasteiger charge is -2.11. The summed E-state index contributed by atoms with van der Waals surface area (Å²) in [6.07, 6.45) is 0. The highest BCUT2D eigenvalue weighted by Crippen LogP contribution is 2.29. The summed E-state index contributed by atoms with van der Waals surface area (Å²) in [7, 11) is 0. The molecule has 1 aromatic carbocycles. The number of para-hydroxylation sites is 1. The number of rotatable bonds is 4. The van der Waals surface area contributed by atoms with Gasteiger partial charge < -0.3 is 15.6 Å². The van der Waals surface area contributed by atoms with Crippen LogP contribution in [0.15, 0.2) is 34.1 Å². The largest absolute Gasteiger partial charge is 0.485 e. The number of halogens is 1. The molecule has 0 unspecified atom stereocenters. The van der Waals surface area contributed by atoms with Crippen molar-refractivity contribution < 1.29 is 14.6 Å². The quantitative estimate of drug-likeness (QED) is 0.844. The molecule has 0 atom stereocenters. The van der Waals surface area contributed by atoms with Crippen LogP contribution in [0.2, 0.25) is 0 Å². The zero-order valence-electron chi connectivity index (χ0n) is 9.22. The van der Waals surface area contributed by atoms with E-state index in [1.807, 2.05) is 11.4 Å². The van der Waals surface area contributed by atoms with Gasteiger partial charge in [-0.25, -0.2) is 4.79 Å². The standard InChI is InChI=1S/C12H10BrNO3S/c13-8-4-5-18-10(8)6-17-11-7(12(15)16)2-1-3-9(11)14/h1-5H,6,14H2,(H,15,16). The molecular formula is C12H10BrNO3S. The van der Waals surface area contributed by atoms with Gasteiger partial charge in [0.2, 0.25) is 0 Å². The van der Waals surface area contributed by atoms with E-state index in [-0.39, 0.29) is 17.9 Å². The molecule has 0 aliphatic carbocycles. The van der Waals surface area contributed by atoms with Crippen LogP contribution in [-0.2, 0) is 6.61 Å². The van der Waals surface area contributed by atoms with Gasteiger partial charge in [-0.1, -0.05) is 6.07 Å². The van der Waals surface area contributed by atoms with Crippen molar-refractivity contribution in [2.75, 3.05) is 5.73 Å². The van der Waals surface area contributed by atoms with Gasteiger partial charge in [0.05, 0.1) is 10.6 Å². The van der Waals surface area contributed by atoms with Crippen molar-refractivity contribution in [1.82, 2.24) is 0 Å². The SMILES string of the molecule is Nc1cccc(C(=O)O)c1OCc1sccc1Br. The number of ether oxygens (including phenoxy) is 1. The molecule has 3 N–H and O–H groups in total. The lowest BCUT2D eigenvalue weighted by molar-refractivity contribution is 0.0692. The van der Waals surface area contributed by atoms with E-state index in [4.69, 9.17) is 15.6 Å². The number of hydrogen-bond acceptors (Lipinski definition) is 4. The third-order valence-corrected chi connectivity index (χ3v) is 4.21. The topological polar surface area (TPSA) is 72.6 Å². The maximum Gasteiger partial charge on any atom is 0.339 e. The molecular weight excluding hydrogens is 318 g/mol. The summed E-state index contributed by atoms with van der Waals surface area (Å²) in [4.78, 5) is 12.0. The van der Waals surface area contributed by atoms with Crippen LogP contribution in [0, 0.1) is 0 Å². The summed E-state index contributed by atoms with van der Waals surface area (Å²) in [5, 5.41) is 11.0. The van der Waals surface area contributed by atoms with Gasteiger partial charge >= 0.3 is 5.97 Å². The van der Waals surface area contributed by atoms with Gasteiger partial charge in [-0.05, 0) is 39.5 Å². The monoisotopic (exact) mass is 327 g/mol. The predicted molar refractivity (Wildman–Crippen MR) is 74.2 cm³/mol. The summed E-state index contributed by atoms with van der Waals surface area (Å²) in [6, 6.07) is 6.59. The first-order valence-electron chi connectivity index (χ1n) is 5.06. The van der Waals surface area contributed by atoms with Crippen LogP contribution in [0.25, 0.3) is 0 Å². The van der Waals surface area contributed by atoms with Crippen molar-refractivity contribution in [1.29, 1.82) is 0 Å². The van der Waals surface area contributed by atoms with Gasteiger partial charge in [0.25, 0.3) is 0 Å². The Morgan fingerprint density at radius 2 is 2.22 bits per heavy atom. The maximum atomic E-state index is 11.1. The number of benzene rings is 1. The fraction of sp³-hybridized carbons (Fsp3) is 0.0833. The number of nitrogen functional groups attached to an aromatic ring is 1. The molecule has 2 rings (SSSR count). The number of carboxylic acid groups (broad SMARTS) is 1. The van der Waals surface area contributed by atoms with Crippen LogP contribution in [0.5, 0.6) is 5.75 Å². The zero-order chi connectivity index (χ0) is 13.1. The first-order chi connectivity index (χ1) is 8.59. The van der Waals surface area contributed by atoms with Gasteiger partial charge in [-0.15, -0.1) is 11.3 Å². The van der Waals surface area contributed by atoms with E-state index >= 15 is 0 Å². The first-order valence-corrected chi connectivity index (χ1v) is 6.73. The fourth-order valence-corrected chi connectivity index (χ4v) is 2.83. The van der Waals surface area contributed by atoms with Crippen LogP contribution in [0.1, 0.15) is 15.2 Å². The highest BCUT2D eigenvalue weighted by Gasteiger charge is 2.14. The molecule has 0 saturated heterocycles. The highest BCUT2D eigenvalue weighted by molar-refractivity contribution is 9.10. The van der Waals surface area contributed by atoms with Gasteiger partial charge in [0.1, 0.15) is 12.2 Å². The molecule has 0 bridgehead atoms. The molecule has 1 aromatic heterocycles. The molecule has 2 aromatic rings. The molecule has 0 aliphatic rings. The van der Waals surface area contributed by atoms with Crippen molar-refractivity contribution in [3.8, 4) is 5.75 Å². The van der Waals surface area contributed by atoms with Gasteiger partial charge in [0, 0.05) is 4.47 Å². The second-order valence-electron chi connectivity index (χ2n) is 3.51. The summed E-state index contributed by atoms with van der Waals surface area (Å²) >= 11 is 4.92. The van der Waals surface area contributed by atoms with Crippen molar-refractivity contribution in [2.45, 2.75) is 6.61 Å². The third kappa shape index (κ3) is 2.65. The summed E-state index contributed by atoms with van der Waals surface area (Å²) in [5.74, 6) is -0.840. The molecule has 1 heterocycles. The molecule has 4 nitrogen and oxygen atoms in total. The Labute approximate surface area is 116 Å². The highest BCUT2D eigenvalue weighted by atomic mass is 79.9. The normalized spacial score (nSPS) is 10.3. The summed E-state index contributed by atoms with van der Waals surface area (Å²) in [5.41, 5.74) is 6.13. The van der Waals surface area contributed by atoms with E-state index in [9.17, 15) is 4.79 Å². The Bertz CT molecular complexity index is 582. The molecule has 0 fully saturated rings. The van der Waals surface area contributed by atoms with Crippen LogP contribution >= 0.6 is 27.3 Å². The van der Waals surface area contributed by atoms with Crippen LogP contribution < -0.4 is 10.5 Å². The Kier molecular flexibility index (Phi) is 3.88. The van der Waals surface area contributed by atoms with Crippen molar-refractivity contribution in [2.24, 2.45) is 0 Å². The minimum atomic E-state index is -1.05. The van der Waals surface area contributed by atoms with Crippen molar-refractivity contribution in [3.05, 3.63) is 44.6 Å². The van der Waals surface area contributed by atoms with E-state index in [1.165, 1.54) is 17.4 Å². The number of hydrogen-bond donors (Lipinski definition) is 2. The van der Waals surface area contributed by atoms with Crippen LogP contribution in [-0.4, -0.2) is 11.1 Å². The Balaban J connectivity index is 2.24. The lowest BCUT2D eigenvalue weighted by atomic mass is 10.2. The van der Waals surface area contributed by atoms with E-state index in [1.54, 1.807) is 12.1 Å². The Morgan fingerprint density at radius 1 is 1.44 bits per heavy atom. The van der Waals surface area contributed by atoms with Crippen molar-refractivity contribution >= 4 is 38.9 Å². The molecule has 0 aliphatic heterocycles. The summed E-state index contributed by atoms with van der Waals surface area (Å²) in [6.45, 7) is 0.284. The Hall–Kier alpha value is -1.53. The average Bonchev–Trinajstić information content (AvgIpc) is 2.73. The molecule has 0 spiro atoms. The average molecular weight is 328 g/mol. The predicted octanol–water partition coefficient (Wildman–Crippen LogP) is 3.37. The summed E-state index contributed by atoms with van der Waals surface area (Å²) < 4.78 is 6.47. The number of thiophene rings is 1. The van der Waals surface area contributed by atoms with Gasteiger partial charge in [0.15, 0.2) is 5.75 Å². The second kappa shape index (κ2) is 5.41. The second-order valence-corrected chi connectivity index (χ2v) is 5.36. The first kappa shape index (κ1) is 12.9. The lowest BCUT2D eigenvalue weighted by Crippen LogP contribution is -2.05. The number of nitrogens with two attached hydrogens (primary N) is 1. The minimum absolute atomic E-state index is 0.0719. The number of carboxylic acids is 1.